The van der Waals surface area contributed by atoms with E-state index in [0.717, 1.165) is 32.7 Å². The summed E-state index contributed by atoms with van der Waals surface area (Å²) in [4.78, 5) is 20.3. The lowest BCUT2D eigenvalue weighted by atomic mass is 10.0. The highest BCUT2D eigenvalue weighted by atomic mass is 79.9. The summed E-state index contributed by atoms with van der Waals surface area (Å²) in [7, 11) is 0. The van der Waals surface area contributed by atoms with Crippen LogP contribution in [0.15, 0.2) is 82.4 Å². The van der Waals surface area contributed by atoms with Gasteiger partial charge in [0.1, 0.15) is 6.54 Å². The number of nitrogens with two attached hydrogens (primary N) is 1. The average Bonchev–Trinajstić information content (AvgIpc) is 2.93. The SMILES string of the molecule is C[C@@H](N)[C@@H](O)c1ccccc1.O=C1CN=C(c2ccccn2)c2cc(Br)ccc2N1. The van der Waals surface area contributed by atoms with Gasteiger partial charge in [0.05, 0.1) is 23.2 Å². The van der Waals surface area contributed by atoms with Crippen LogP contribution in [0, 0.1) is 0 Å². The van der Waals surface area contributed by atoms with Gasteiger partial charge in [-0.2, -0.15) is 0 Å². The molecule has 2 atom stereocenters. The number of nitrogens with one attached hydrogen (secondary N) is 1. The first kappa shape index (κ1) is 21.8. The van der Waals surface area contributed by atoms with Gasteiger partial charge >= 0.3 is 0 Å². The summed E-state index contributed by atoms with van der Waals surface area (Å²) in [6.07, 6.45) is 1.17. The van der Waals surface area contributed by atoms with Crippen molar-refractivity contribution in [3.8, 4) is 0 Å². The minimum Gasteiger partial charge on any atom is -0.387 e. The fourth-order valence-electron chi connectivity index (χ4n) is 2.92. The monoisotopic (exact) mass is 466 g/mol. The number of aliphatic imine (C=N–C) groups is 1. The molecule has 4 rings (SSSR count). The van der Waals surface area contributed by atoms with Crippen LogP contribution in [0.1, 0.15) is 29.8 Å². The predicted molar refractivity (Wildman–Crippen MR) is 123 cm³/mol. The molecule has 2 aromatic carbocycles. The fraction of sp³-hybridized carbons (Fsp3) is 0.174. The molecule has 0 aliphatic carbocycles. The van der Waals surface area contributed by atoms with Crippen molar-refractivity contribution in [3.63, 3.8) is 0 Å². The van der Waals surface area contributed by atoms with Crippen molar-refractivity contribution in [2.45, 2.75) is 19.1 Å². The molecule has 4 N–H and O–H groups in total. The molecule has 1 amide bonds. The zero-order valence-electron chi connectivity index (χ0n) is 16.5. The molecule has 1 aliphatic rings. The molecule has 6 nitrogen and oxygen atoms in total. The Labute approximate surface area is 184 Å². The van der Waals surface area contributed by atoms with Crippen LogP contribution in [-0.2, 0) is 4.79 Å². The largest absolute Gasteiger partial charge is 0.387 e. The molecule has 0 saturated heterocycles. The quantitative estimate of drug-likeness (QED) is 0.547. The van der Waals surface area contributed by atoms with E-state index < -0.39 is 6.10 Å². The van der Waals surface area contributed by atoms with Crippen molar-refractivity contribution in [2.24, 2.45) is 10.7 Å². The number of hydrogen-bond acceptors (Lipinski definition) is 5. The van der Waals surface area contributed by atoms with E-state index in [9.17, 15) is 9.90 Å². The van der Waals surface area contributed by atoms with Gasteiger partial charge in [-0.05, 0) is 42.8 Å². The number of halogens is 1. The van der Waals surface area contributed by atoms with E-state index in [-0.39, 0.29) is 18.5 Å². The maximum absolute atomic E-state index is 11.7. The molecule has 30 heavy (non-hydrogen) atoms. The average molecular weight is 467 g/mol. The highest BCUT2D eigenvalue weighted by Gasteiger charge is 2.18. The number of anilines is 1. The normalized spacial score (nSPS) is 14.8. The Bertz CT molecular complexity index is 1020. The smallest absolute Gasteiger partial charge is 0.246 e. The lowest BCUT2D eigenvalue weighted by molar-refractivity contribution is -0.114. The van der Waals surface area contributed by atoms with Gasteiger partial charge < -0.3 is 16.2 Å². The predicted octanol–water partition coefficient (Wildman–Crippen LogP) is 3.70. The summed E-state index contributed by atoms with van der Waals surface area (Å²) in [5, 5.41) is 12.3. The van der Waals surface area contributed by atoms with Crippen molar-refractivity contribution in [1.29, 1.82) is 0 Å². The Morgan fingerprint density at radius 1 is 1.10 bits per heavy atom. The molecule has 1 aromatic heterocycles. The van der Waals surface area contributed by atoms with Gasteiger partial charge in [0.2, 0.25) is 5.91 Å². The Morgan fingerprint density at radius 2 is 1.83 bits per heavy atom. The van der Waals surface area contributed by atoms with Crippen molar-refractivity contribution >= 4 is 33.2 Å². The molecule has 0 fully saturated rings. The molecule has 7 heteroatoms. The van der Waals surface area contributed by atoms with E-state index in [4.69, 9.17) is 5.73 Å². The highest BCUT2D eigenvalue weighted by molar-refractivity contribution is 9.10. The lowest BCUT2D eigenvalue weighted by Crippen LogP contribution is -2.24. The van der Waals surface area contributed by atoms with Crippen LogP contribution in [0.25, 0.3) is 0 Å². The minimum absolute atomic E-state index is 0.109. The maximum atomic E-state index is 11.7. The molecular formula is C23H23BrN4O2. The molecule has 0 unspecified atom stereocenters. The Hall–Kier alpha value is -2.87. The van der Waals surface area contributed by atoms with Gasteiger partial charge in [-0.3, -0.25) is 14.8 Å². The van der Waals surface area contributed by atoms with Gasteiger partial charge in [0, 0.05) is 22.3 Å². The first-order valence-corrected chi connectivity index (χ1v) is 10.3. The third kappa shape index (κ3) is 5.60. The summed E-state index contributed by atoms with van der Waals surface area (Å²) in [5.41, 5.74) is 9.52. The second kappa shape index (κ2) is 10.2. The van der Waals surface area contributed by atoms with Crippen molar-refractivity contribution in [1.82, 2.24) is 4.98 Å². The standard InChI is InChI=1S/C14H10BrN3O.C9H13NO/c15-9-4-5-11-10(7-9)14(17-8-13(19)18-11)12-3-1-2-6-16-12;1-7(10)9(11)8-5-3-2-4-6-8/h1-7H,8H2,(H,18,19);2-7,9,11H,10H2,1H3/t;7-,9-/m.1/s1. The molecule has 0 spiro atoms. The summed E-state index contributed by atoms with van der Waals surface area (Å²) < 4.78 is 0.936. The molecule has 1 aliphatic heterocycles. The number of rotatable bonds is 3. The first-order chi connectivity index (χ1) is 14.5. The van der Waals surface area contributed by atoms with Crippen LogP contribution in [0.4, 0.5) is 5.69 Å². The third-order valence-corrected chi connectivity index (χ3v) is 4.93. The van der Waals surface area contributed by atoms with Crippen LogP contribution in [0.3, 0.4) is 0 Å². The van der Waals surface area contributed by atoms with Crippen molar-refractivity contribution in [2.75, 3.05) is 11.9 Å². The maximum Gasteiger partial charge on any atom is 0.246 e. The van der Waals surface area contributed by atoms with Crippen molar-refractivity contribution < 1.29 is 9.90 Å². The number of fused-ring (bicyclic) bond motifs is 1. The lowest BCUT2D eigenvalue weighted by Gasteiger charge is -2.13. The van der Waals surface area contributed by atoms with Gasteiger partial charge in [-0.15, -0.1) is 0 Å². The van der Waals surface area contributed by atoms with Crippen LogP contribution in [0.5, 0.6) is 0 Å². The highest BCUT2D eigenvalue weighted by Crippen LogP contribution is 2.25. The zero-order chi connectivity index (χ0) is 21.5. The molecule has 3 aromatic rings. The van der Waals surface area contributed by atoms with E-state index in [0.29, 0.717) is 0 Å². The number of hydrogen-bond donors (Lipinski definition) is 3. The molecule has 154 valence electrons. The van der Waals surface area contributed by atoms with E-state index >= 15 is 0 Å². The zero-order valence-corrected chi connectivity index (χ0v) is 18.1. The summed E-state index contributed by atoms with van der Waals surface area (Å²) >= 11 is 3.44. The number of carbonyl (C=O) groups is 1. The molecule has 0 bridgehead atoms. The number of aromatic nitrogens is 1. The van der Waals surface area contributed by atoms with Crippen LogP contribution >= 0.6 is 15.9 Å². The number of nitrogens with zero attached hydrogens (tertiary/aromatic N) is 2. The van der Waals surface area contributed by atoms with Crippen LogP contribution < -0.4 is 11.1 Å². The Balaban J connectivity index is 0.000000199. The number of aliphatic hydroxyl groups excluding tert-OH is 1. The second-order valence-electron chi connectivity index (χ2n) is 6.83. The number of aliphatic hydroxyl groups is 1. The topological polar surface area (TPSA) is 101 Å². The van der Waals surface area contributed by atoms with E-state index in [1.807, 2.05) is 66.7 Å². The summed E-state index contributed by atoms with van der Waals surface area (Å²) in [6.45, 7) is 1.90. The molecular weight excluding hydrogens is 444 g/mol. The summed E-state index contributed by atoms with van der Waals surface area (Å²) in [6, 6.07) is 20.6. The molecule has 2 heterocycles. The second-order valence-corrected chi connectivity index (χ2v) is 7.75. The van der Waals surface area contributed by atoms with E-state index in [1.165, 1.54) is 0 Å². The van der Waals surface area contributed by atoms with E-state index in [1.54, 1.807) is 13.1 Å². The van der Waals surface area contributed by atoms with Gasteiger partial charge in [-0.1, -0.05) is 52.3 Å². The van der Waals surface area contributed by atoms with Gasteiger partial charge in [0.25, 0.3) is 0 Å². The minimum atomic E-state index is -0.545. The van der Waals surface area contributed by atoms with Crippen LogP contribution in [-0.4, -0.2) is 34.3 Å². The fourth-order valence-corrected chi connectivity index (χ4v) is 3.28. The number of pyridine rings is 1. The number of benzodiazepines with no additional fused rings is 1. The molecule has 0 saturated carbocycles. The van der Waals surface area contributed by atoms with E-state index in [2.05, 4.69) is 31.2 Å². The van der Waals surface area contributed by atoms with Crippen molar-refractivity contribution in [3.05, 3.63) is 94.2 Å². The summed E-state index contributed by atoms with van der Waals surface area (Å²) in [5.74, 6) is -0.116. The Kier molecular flexibility index (Phi) is 7.46. The first-order valence-electron chi connectivity index (χ1n) is 9.50. The third-order valence-electron chi connectivity index (χ3n) is 4.44. The number of carbonyl (C=O) groups excluding carboxylic acids is 1. The molecule has 0 radical (unpaired) electrons. The number of benzene rings is 2. The van der Waals surface area contributed by atoms with Crippen LogP contribution in [0.2, 0.25) is 0 Å². The Morgan fingerprint density at radius 3 is 2.50 bits per heavy atom. The number of amides is 1. The van der Waals surface area contributed by atoms with Gasteiger partial charge in [0.15, 0.2) is 0 Å². The van der Waals surface area contributed by atoms with Gasteiger partial charge in [-0.25, -0.2) is 0 Å².